The van der Waals surface area contributed by atoms with Gasteiger partial charge in [-0.15, -0.1) is 0 Å². The summed E-state index contributed by atoms with van der Waals surface area (Å²) in [4.78, 5) is 0. The van der Waals surface area contributed by atoms with Crippen molar-refractivity contribution < 1.29 is 0 Å². The summed E-state index contributed by atoms with van der Waals surface area (Å²) in [7, 11) is 0. The van der Waals surface area contributed by atoms with Crippen LogP contribution in [0.2, 0.25) is 0 Å². The van der Waals surface area contributed by atoms with Gasteiger partial charge in [0.25, 0.3) is 0 Å². The molecule has 1 heterocycles. The van der Waals surface area contributed by atoms with E-state index in [0.29, 0.717) is 5.92 Å². The van der Waals surface area contributed by atoms with Crippen molar-refractivity contribution in [1.82, 2.24) is 5.32 Å². The van der Waals surface area contributed by atoms with Crippen LogP contribution in [-0.2, 0) is 5.41 Å². The standard InChI is InChI=1S/C17H27N/c1-13(15-6-5-11-18-12-15)14-7-9-16(10-8-14)17(2,3)4/h7-10,13,15,18H,5-6,11-12H2,1-4H3. The molecule has 1 saturated heterocycles. The van der Waals surface area contributed by atoms with Gasteiger partial charge in [0.2, 0.25) is 0 Å². The molecule has 2 atom stereocenters. The summed E-state index contributed by atoms with van der Waals surface area (Å²) in [5, 5.41) is 3.52. The van der Waals surface area contributed by atoms with Gasteiger partial charge in [0, 0.05) is 0 Å². The molecule has 1 aromatic rings. The maximum Gasteiger partial charge on any atom is -0.00148 e. The number of benzene rings is 1. The van der Waals surface area contributed by atoms with E-state index in [1.165, 1.54) is 37.1 Å². The molecule has 0 aliphatic carbocycles. The number of hydrogen-bond acceptors (Lipinski definition) is 1. The van der Waals surface area contributed by atoms with E-state index in [1.807, 2.05) is 0 Å². The molecular formula is C17H27N. The van der Waals surface area contributed by atoms with Crippen LogP contribution in [0.3, 0.4) is 0 Å². The summed E-state index contributed by atoms with van der Waals surface area (Å²) < 4.78 is 0. The minimum atomic E-state index is 0.258. The van der Waals surface area contributed by atoms with Gasteiger partial charge in [0.05, 0.1) is 0 Å². The second-order valence-electron chi connectivity index (χ2n) is 6.77. The van der Waals surface area contributed by atoms with Crippen LogP contribution < -0.4 is 5.32 Å². The summed E-state index contributed by atoms with van der Waals surface area (Å²) in [6.07, 6.45) is 2.70. The highest BCUT2D eigenvalue weighted by atomic mass is 14.9. The van der Waals surface area contributed by atoms with Gasteiger partial charge in [-0.05, 0) is 54.3 Å². The van der Waals surface area contributed by atoms with Gasteiger partial charge in [-0.1, -0.05) is 52.0 Å². The molecule has 1 nitrogen and oxygen atoms in total. The smallest absolute Gasteiger partial charge is 0.00148 e. The van der Waals surface area contributed by atoms with Gasteiger partial charge >= 0.3 is 0 Å². The number of rotatable bonds is 2. The predicted octanol–water partition coefficient (Wildman–Crippen LogP) is 4.09. The molecule has 1 fully saturated rings. The molecule has 18 heavy (non-hydrogen) atoms. The lowest BCUT2D eigenvalue weighted by Gasteiger charge is -2.29. The normalized spacial score (nSPS) is 22.8. The van der Waals surface area contributed by atoms with Crippen LogP contribution in [0.4, 0.5) is 0 Å². The number of nitrogens with one attached hydrogen (secondary N) is 1. The molecule has 0 saturated carbocycles. The van der Waals surface area contributed by atoms with E-state index in [2.05, 4.69) is 57.3 Å². The van der Waals surface area contributed by atoms with E-state index >= 15 is 0 Å². The minimum Gasteiger partial charge on any atom is -0.316 e. The van der Waals surface area contributed by atoms with Gasteiger partial charge in [-0.3, -0.25) is 0 Å². The van der Waals surface area contributed by atoms with Gasteiger partial charge in [-0.2, -0.15) is 0 Å². The Hall–Kier alpha value is -0.820. The minimum absolute atomic E-state index is 0.258. The first kappa shape index (κ1) is 13.6. The molecule has 1 aliphatic rings. The summed E-state index contributed by atoms with van der Waals surface area (Å²) in [6, 6.07) is 9.28. The van der Waals surface area contributed by atoms with Gasteiger partial charge in [0.15, 0.2) is 0 Å². The Morgan fingerprint density at radius 2 is 1.83 bits per heavy atom. The van der Waals surface area contributed by atoms with Crippen molar-refractivity contribution in [2.75, 3.05) is 13.1 Å². The molecule has 2 unspecified atom stereocenters. The second kappa shape index (κ2) is 5.44. The molecule has 0 amide bonds. The first-order chi connectivity index (χ1) is 8.48. The highest BCUT2D eigenvalue weighted by Crippen LogP contribution is 2.30. The SMILES string of the molecule is CC(c1ccc(C(C)(C)C)cc1)C1CCCNC1. The lowest BCUT2D eigenvalue weighted by atomic mass is 9.81. The largest absolute Gasteiger partial charge is 0.316 e. The molecule has 0 bridgehead atoms. The van der Waals surface area contributed by atoms with E-state index in [-0.39, 0.29) is 5.41 Å². The molecule has 1 aliphatic heterocycles. The van der Waals surface area contributed by atoms with E-state index in [4.69, 9.17) is 0 Å². The van der Waals surface area contributed by atoms with Crippen LogP contribution >= 0.6 is 0 Å². The van der Waals surface area contributed by atoms with E-state index in [1.54, 1.807) is 0 Å². The Kier molecular flexibility index (Phi) is 4.11. The van der Waals surface area contributed by atoms with Crippen molar-refractivity contribution in [3.63, 3.8) is 0 Å². The zero-order valence-corrected chi connectivity index (χ0v) is 12.3. The third kappa shape index (κ3) is 3.14. The monoisotopic (exact) mass is 245 g/mol. The average Bonchev–Trinajstić information content (AvgIpc) is 2.38. The van der Waals surface area contributed by atoms with E-state index < -0.39 is 0 Å². The third-order valence-electron chi connectivity index (χ3n) is 4.34. The fraction of sp³-hybridized carbons (Fsp3) is 0.647. The first-order valence-corrected chi connectivity index (χ1v) is 7.29. The Labute approximate surface area is 112 Å². The van der Waals surface area contributed by atoms with Crippen LogP contribution in [0.25, 0.3) is 0 Å². The molecular weight excluding hydrogens is 218 g/mol. The highest BCUT2D eigenvalue weighted by Gasteiger charge is 2.21. The molecule has 100 valence electrons. The molecule has 0 radical (unpaired) electrons. The molecule has 1 heteroatoms. The van der Waals surface area contributed by atoms with Gasteiger partial charge in [-0.25, -0.2) is 0 Å². The first-order valence-electron chi connectivity index (χ1n) is 7.29. The zero-order valence-electron chi connectivity index (χ0n) is 12.3. The predicted molar refractivity (Wildman–Crippen MR) is 79.2 cm³/mol. The molecule has 1 aromatic carbocycles. The van der Waals surface area contributed by atoms with Crippen molar-refractivity contribution in [3.8, 4) is 0 Å². The number of hydrogen-bond donors (Lipinski definition) is 1. The fourth-order valence-electron chi connectivity index (χ4n) is 2.86. The Morgan fingerprint density at radius 1 is 1.17 bits per heavy atom. The molecule has 2 rings (SSSR count). The van der Waals surface area contributed by atoms with Gasteiger partial charge < -0.3 is 5.32 Å². The Balaban J connectivity index is 2.09. The quantitative estimate of drug-likeness (QED) is 0.827. The van der Waals surface area contributed by atoms with Crippen LogP contribution in [0.15, 0.2) is 24.3 Å². The maximum absolute atomic E-state index is 3.52. The summed E-state index contributed by atoms with van der Waals surface area (Å²) in [5.41, 5.74) is 3.19. The second-order valence-corrected chi connectivity index (χ2v) is 6.77. The third-order valence-corrected chi connectivity index (χ3v) is 4.34. The van der Waals surface area contributed by atoms with Crippen molar-refractivity contribution >= 4 is 0 Å². The summed E-state index contributed by atoms with van der Waals surface area (Å²) >= 11 is 0. The van der Waals surface area contributed by atoms with Crippen LogP contribution in [0, 0.1) is 5.92 Å². The summed E-state index contributed by atoms with van der Waals surface area (Å²) in [6.45, 7) is 11.6. The van der Waals surface area contributed by atoms with E-state index in [9.17, 15) is 0 Å². The lowest BCUT2D eigenvalue weighted by Crippen LogP contribution is -2.32. The fourth-order valence-corrected chi connectivity index (χ4v) is 2.86. The summed E-state index contributed by atoms with van der Waals surface area (Å²) in [5.74, 6) is 1.48. The van der Waals surface area contributed by atoms with Crippen LogP contribution in [-0.4, -0.2) is 13.1 Å². The van der Waals surface area contributed by atoms with Crippen molar-refractivity contribution in [1.29, 1.82) is 0 Å². The van der Waals surface area contributed by atoms with Crippen molar-refractivity contribution in [2.45, 2.75) is 51.9 Å². The highest BCUT2D eigenvalue weighted by molar-refractivity contribution is 5.29. The van der Waals surface area contributed by atoms with E-state index in [0.717, 1.165) is 5.92 Å². The molecule has 0 spiro atoms. The number of piperidine rings is 1. The van der Waals surface area contributed by atoms with Crippen molar-refractivity contribution in [2.24, 2.45) is 5.92 Å². The zero-order chi connectivity index (χ0) is 13.2. The average molecular weight is 245 g/mol. The van der Waals surface area contributed by atoms with Crippen LogP contribution in [0.1, 0.15) is 57.6 Å². The topological polar surface area (TPSA) is 12.0 Å². The molecule has 1 N–H and O–H groups in total. The Morgan fingerprint density at radius 3 is 2.33 bits per heavy atom. The van der Waals surface area contributed by atoms with Crippen molar-refractivity contribution in [3.05, 3.63) is 35.4 Å². The molecule has 0 aromatic heterocycles. The maximum atomic E-state index is 3.52. The lowest BCUT2D eigenvalue weighted by molar-refractivity contribution is 0.334. The van der Waals surface area contributed by atoms with Crippen LogP contribution in [0.5, 0.6) is 0 Å². The van der Waals surface area contributed by atoms with Gasteiger partial charge in [0.1, 0.15) is 0 Å². The Bertz CT molecular complexity index is 366.